The van der Waals surface area contributed by atoms with Crippen molar-refractivity contribution in [3.8, 4) is 11.5 Å². The van der Waals surface area contributed by atoms with E-state index in [4.69, 9.17) is 44.3 Å². The maximum absolute atomic E-state index is 12.8. The number of rotatable bonds is 8. The molecule has 1 aromatic heterocycles. The Kier molecular flexibility index (Phi) is 8.85. The minimum atomic E-state index is -0.605. The van der Waals surface area contributed by atoms with Crippen molar-refractivity contribution in [3.05, 3.63) is 91.7 Å². The van der Waals surface area contributed by atoms with Crippen molar-refractivity contribution in [2.45, 2.75) is 0 Å². The molecule has 38 heavy (non-hydrogen) atoms. The van der Waals surface area contributed by atoms with Crippen LogP contribution in [0.15, 0.2) is 65.8 Å². The molecule has 0 aliphatic carbocycles. The van der Waals surface area contributed by atoms with Crippen LogP contribution >= 0.6 is 46.1 Å². The molecule has 1 heterocycles. The molecule has 4 aromatic rings. The Labute approximate surface area is 236 Å². The number of halogens is 3. The molecule has 0 fully saturated rings. The van der Waals surface area contributed by atoms with Gasteiger partial charge in [0.1, 0.15) is 4.88 Å². The number of esters is 1. The quantitative estimate of drug-likeness (QED) is 0.114. The van der Waals surface area contributed by atoms with Gasteiger partial charge in [-0.15, -0.1) is 11.3 Å². The Morgan fingerprint density at radius 3 is 2.50 bits per heavy atom. The summed E-state index contributed by atoms with van der Waals surface area (Å²) >= 11 is 19.4. The minimum absolute atomic E-state index is 0.192. The molecule has 0 bridgehead atoms. The first-order chi connectivity index (χ1) is 18.3. The van der Waals surface area contributed by atoms with E-state index in [0.717, 1.165) is 10.1 Å². The zero-order valence-corrected chi connectivity index (χ0v) is 22.7. The Hall–Kier alpha value is -3.63. The second kappa shape index (κ2) is 12.3. The summed E-state index contributed by atoms with van der Waals surface area (Å²) in [7, 11) is 1.43. The van der Waals surface area contributed by atoms with Crippen LogP contribution in [0.2, 0.25) is 15.1 Å². The van der Waals surface area contributed by atoms with Crippen LogP contribution in [0, 0.1) is 0 Å². The number of carbonyl (C=O) groups is 3. The lowest BCUT2D eigenvalue weighted by atomic mass is 10.2. The standard InChI is InChI=1S/C26H18Cl3N3O5S/c1-36-20-10-14(12-31-32-22(33)13-30-25(34)15-7-8-17(27)18(28)11-15)6-9-19(20)37-26(35)24-23(29)16-4-2-3-5-21(16)38-24/h2-12H,13H2,1H3,(H,30,34)(H,32,33). The highest BCUT2D eigenvalue weighted by Crippen LogP contribution is 2.37. The highest BCUT2D eigenvalue weighted by molar-refractivity contribution is 7.21. The Bertz CT molecular complexity index is 1570. The number of hydrogen-bond acceptors (Lipinski definition) is 7. The Morgan fingerprint density at radius 2 is 1.76 bits per heavy atom. The van der Waals surface area contributed by atoms with Crippen molar-refractivity contribution in [1.29, 1.82) is 0 Å². The van der Waals surface area contributed by atoms with E-state index in [1.54, 1.807) is 18.2 Å². The van der Waals surface area contributed by atoms with Crippen molar-refractivity contribution in [3.63, 3.8) is 0 Å². The fourth-order valence-electron chi connectivity index (χ4n) is 3.26. The van der Waals surface area contributed by atoms with E-state index in [-0.39, 0.29) is 33.5 Å². The van der Waals surface area contributed by atoms with Crippen molar-refractivity contribution in [2.24, 2.45) is 5.10 Å². The van der Waals surface area contributed by atoms with E-state index in [2.05, 4.69) is 15.8 Å². The number of carbonyl (C=O) groups excluding carboxylic acids is 3. The summed E-state index contributed by atoms with van der Waals surface area (Å²) in [5.41, 5.74) is 3.13. The third-order valence-corrected chi connectivity index (χ3v) is 7.50. The molecule has 8 nitrogen and oxygen atoms in total. The molecule has 12 heteroatoms. The average Bonchev–Trinajstić information content (AvgIpc) is 3.26. The monoisotopic (exact) mass is 589 g/mol. The molecule has 2 N–H and O–H groups in total. The number of ether oxygens (including phenoxy) is 2. The number of hydrogen-bond donors (Lipinski definition) is 2. The molecule has 4 rings (SSSR count). The van der Waals surface area contributed by atoms with Gasteiger partial charge in [-0.3, -0.25) is 9.59 Å². The molecule has 0 aliphatic rings. The zero-order valence-electron chi connectivity index (χ0n) is 19.6. The van der Waals surface area contributed by atoms with Crippen LogP contribution in [-0.2, 0) is 4.79 Å². The summed E-state index contributed by atoms with van der Waals surface area (Å²) in [5.74, 6) is -1.18. The number of nitrogens with one attached hydrogen (secondary N) is 2. The molecule has 0 aliphatic heterocycles. The normalized spacial score (nSPS) is 10.9. The van der Waals surface area contributed by atoms with Crippen LogP contribution in [0.3, 0.4) is 0 Å². The maximum Gasteiger partial charge on any atom is 0.355 e. The number of methoxy groups -OCH3 is 1. The number of thiophene rings is 1. The minimum Gasteiger partial charge on any atom is -0.493 e. The second-order valence-corrected chi connectivity index (χ2v) is 9.89. The van der Waals surface area contributed by atoms with Crippen LogP contribution in [0.1, 0.15) is 25.6 Å². The van der Waals surface area contributed by atoms with Gasteiger partial charge in [0.05, 0.1) is 34.9 Å². The van der Waals surface area contributed by atoms with Crippen LogP contribution in [0.5, 0.6) is 11.5 Å². The summed E-state index contributed by atoms with van der Waals surface area (Å²) in [6.45, 7) is -0.311. The first-order valence-electron chi connectivity index (χ1n) is 10.9. The van der Waals surface area contributed by atoms with E-state index in [9.17, 15) is 14.4 Å². The SMILES string of the molecule is COc1cc(C=NNC(=O)CNC(=O)c2ccc(Cl)c(Cl)c2)ccc1OC(=O)c1sc2ccccc2c1Cl. The van der Waals surface area contributed by atoms with Gasteiger partial charge in [0.25, 0.3) is 11.8 Å². The molecule has 194 valence electrons. The van der Waals surface area contributed by atoms with Crippen LogP contribution < -0.4 is 20.2 Å². The summed E-state index contributed by atoms with van der Waals surface area (Å²) < 4.78 is 11.7. The topological polar surface area (TPSA) is 106 Å². The molecule has 0 saturated carbocycles. The molecule has 0 saturated heterocycles. The van der Waals surface area contributed by atoms with E-state index in [0.29, 0.717) is 15.6 Å². The second-order valence-electron chi connectivity index (χ2n) is 7.65. The number of nitrogens with zero attached hydrogens (tertiary/aromatic N) is 1. The third kappa shape index (κ3) is 6.43. The predicted molar refractivity (Wildman–Crippen MR) is 149 cm³/mol. The summed E-state index contributed by atoms with van der Waals surface area (Å²) in [6.07, 6.45) is 1.37. The van der Waals surface area contributed by atoms with Crippen LogP contribution in [-0.4, -0.2) is 37.7 Å². The molecule has 3 aromatic carbocycles. The molecule has 0 radical (unpaired) electrons. The molecule has 2 amide bonds. The van der Waals surface area contributed by atoms with Gasteiger partial charge >= 0.3 is 5.97 Å². The summed E-state index contributed by atoms with van der Waals surface area (Å²) in [5, 5.41) is 8.00. The van der Waals surface area contributed by atoms with Crippen molar-refractivity contribution in [1.82, 2.24) is 10.7 Å². The summed E-state index contributed by atoms with van der Waals surface area (Å²) in [6, 6.07) is 16.5. The lowest BCUT2D eigenvalue weighted by Gasteiger charge is -2.09. The van der Waals surface area contributed by atoms with Crippen molar-refractivity contribution in [2.75, 3.05) is 13.7 Å². The van der Waals surface area contributed by atoms with Gasteiger partial charge in [-0.25, -0.2) is 10.2 Å². The Balaban J connectivity index is 1.34. The highest BCUT2D eigenvalue weighted by Gasteiger charge is 2.20. The van der Waals surface area contributed by atoms with Gasteiger partial charge in [0, 0.05) is 15.6 Å². The average molecular weight is 591 g/mol. The van der Waals surface area contributed by atoms with Crippen molar-refractivity contribution >= 4 is 80.2 Å². The van der Waals surface area contributed by atoms with Crippen LogP contribution in [0.4, 0.5) is 0 Å². The first-order valence-corrected chi connectivity index (χ1v) is 12.8. The third-order valence-electron chi connectivity index (χ3n) is 5.10. The van der Waals surface area contributed by atoms with Crippen molar-refractivity contribution < 1.29 is 23.9 Å². The number of benzene rings is 3. The van der Waals surface area contributed by atoms with Gasteiger partial charge in [-0.2, -0.15) is 5.10 Å². The van der Waals surface area contributed by atoms with E-state index < -0.39 is 17.8 Å². The predicted octanol–water partition coefficient (Wildman–Crippen LogP) is 5.97. The lowest BCUT2D eigenvalue weighted by Crippen LogP contribution is -2.34. The largest absolute Gasteiger partial charge is 0.493 e. The fraction of sp³-hybridized carbons (Fsp3) is 0.0769. The van der Waals surface area contributed by atoms with Gasteiger partial charge in [0.2, 0.25) is 0 Å². The maximum atomic E-state index is 12.8. The fourth-order valence-corrected chi connectivity index (χ4v) is 4.94. The van der Waals surface area contributed by atoms with E-state index in [1.807, 2.05) is 24.3 Å². The van der Waals surface area contributed by atoms with Gasteiger partial charge in [-0.05, 0) is 48.0 Å². The molecule has 0 spiro atoms. The number of hydrazone groups is 1. The lowest BCUT2D eigenvalue weighted by molar-refractivity contribution is -0.120. The molecular weight excluding hydrogens is 573 g/mol. The first kappa shape index (κ1) is 27.4. The van der Waals surface area contributed by atoms with E-state index in [1.165, 1.54) is 42.9 Å². The van der Waals surface area contributed by atoms with Gasteiger partial charge < -0.3 is 14.8 Å². The van der Waals surface area contributed by atoms with Crippen LogP contribution in [0.25, 0.3) is 10.1 Å². The number of amides is 2. The van der Waals surface area contributed by atoms with Gasteiger partial charge in [-0.1, -0.05) is 53.0 Å². The highest BCUT2D eigenvalue weighted by atomic mass is 35.5. The smallest absolute Gasteiger partial charge is 0.355 e. The Morgan fingerprint density at radius 1 is 0.974 bits per heavy atom. The van der Waals surface area contributed by atoms with E-state index >= 15 is 0 Å². The molecule has 0 atom stereocenters. The number of fused-ring (bicyclic) bond motifs is 1. The molecular formula is C26H18Cl3N3O5S. The summed E-state index contributed by atoms with van der Waals surface area (Å²) in [4.78, 5) is 37.2. The molecule has 0 unspecified atom stereocenters. The van der Waals surface area contributed by atoms with Gasteiger partial charge in [0.15, 0.2) is 11.5 Å². The zero-order chi connectivity index (χ0) is 27.2.